The largest absolute Gasteiger partial charge is 0.352 e. The van der Waals surface area contributed by atoms with Gasteiger partial charge in [-0.3, -0.25) is 4.79 Å². The van der Waals surface area contributed by atoms with Crippen LogP contribution in [0.5, 0.6) is 0 Å². The topological polar surface area (TPSA) is 29.1 Å². The number of halogens is 1. The van der Waals surface area contributed by atoms with E-state index in [9.17, 15) is 9.18 Å². The maximum absolute atomic E-state index is 12.7. The summed E-state index contributed by atoms with van der Waals surface area (Å²) in [5.41, 5.74) is 0.515. The first-order valence-electron chi connectivity index (χ1n) is 7.13. The van der Waals surface area contributed by atoms with Crippen molar-refractivity contribution in [3.05, 3.63) is 35.6 Å². The van der Waals surface area contributed by atoms with Crippen LogP contribution in [0.15, 0.2) is 24.3 Å². The quantitative estimate of drug-likeness (QED) is 0.702. The van der Waals surface area contributed by atoms with Crippen molar-refractivity contribution < 1.29 is 9.18 Å². The van der Waals surface area contributed by atoms with Gasteiger partial charge in [-0.15, -0.1) is 0 Å². The van der Waals surface area contributed by atoms with Gasteiger partial charge >= 0.3 is 0 Å². The molecule has 1 aromatic carbocycles. The van der Waals surface area contributed by atoms with E-state index >= 15 is 0 Å². The molecule has 0 radical (unpaired) electrons. The first kappa shape index (κ1) is 15.7. The molecule has 1 amide bonds. The minimum absolute atomic E-state index is 0.123. The molecule has 106 valence electrons. The number of nitrogens with one attached hydrogen (secondary N) is 1. The van der Waals surface area contributed by atoms with Crippen molar-refractivity contribution in [3.8, 4) is 0 Å². The molecule has 1 aromatic rings. The molecule has 0 unspecified atom stereocenters. The lowest BCUT2D eigenvalue weighted by Crippen LogP contribution is -2.24. The first-order valence-corrected chi connectivity index (χ1v) is 7.13. The summed E-state index contributed by atoms with van der Waals surface area (Å²) >= 11 is 0. The zero-order chi connectivity index (χ0) is 14.1. The van der Waals surface area contributed by atoms with Gasteiger partial charge in [0.15, 0.2) is 0 Å². The highest BCUT2D eigenvalue weighted by molar-refractivity contribution is 5.94. The molecule has 0 atom stereocenters. The SMILES string of the molecule is CC(C)CCCCCCNC(=O)c1ccc(F)cc1. The zero-order valence-corrected chi connectivity index (χ0v) is 11.9. The van der Waals surface area contributed by atoms with Crippen LogP contribution in [0.4, 0.5) is 4.39 Å². The van der Waals surface area contributed by atoms with E-state index in [0.29, 0.717) is 12.1 Å². The zero-order valence-electron chi connectivity index (χ0n) is 11.9. The molecule has 0 aliphatic rings. The Morgan fingerprint density at radius 3 is 2.37 bits per heavy atom. The average molecular weight is 265 g/mol. The van der Waals surface area contributed by atoms with Crippen LogP contribution in [-0.4, -0.2) is 12.5 Å². The van der Waals surface area contributed by atoms with E-state index in [2.05, 4.69) is 19.2 Å². The summed E-state index contributed by atoms with van der Waals surface area (Å²) in [6, 6.07) is 5.63. The van der Waals surface area contributed by atoms with Gasteiger partial charge in [0, 0.05) is 12.1 Å². The second-order valence-corrected chi connectivity index (χ2v) is 5.36. The highest BCUT2D eigenvalue weighted by atomic mass is 19.1. The van der Waals surface area contributed by atoms with Gasteiger partial charge in [-0.25, -0.2) is 4.39 Å². The third kappa shape index (κ3) is 6.94. The molecule has 0 saturated heterocycles. The summed E-state index contributed by atoms with van der Waals surface area (Å²) < 4.78 is 12.7. The Kier molecular flexibility index (Phi) is 7.16. The molecule has 0 aliphatic heterocycles. The summed E-state index contributed by atoms with van der Waals surface area (Å²) in [4.78, 5) is 11.7. The molecule has 1 rings (SSSR count). The van der Waals surface area contributed by atoms with Crippen LogP contribution in [0, 0.1) is 11.7 Å². The molecule has 2 nitrogen and oxygen atoms in total. The van der Waals surface area contributed by atoms with E-state index in [-0.39, 0.29) is 11.7 Å². The smallest absolute Gasteiger partial charge is 0.251 e. The van der Waals surface area contributed by atoms with Crippen molar-refractivity contribution in [1.82, 2.24) is 5.32 Å². The predicted octanol–water partition coefficient (Wildman–Crippen LogP) is 4.16. The summed E-state index contributed by atoms with van der Waals surface area (Å²) in [6.07, 6.45) is 5.93. The van der Waals surface area contributed by atoms with Crippen LogP contribution in [0.2, 0.25) is 0 Å². The summed E-state index contributed by atoms with van der Waals surface area (Å²) in [5.74, 6) is 0.335. The Labute approximate surface area is 115 Å². The normalized spacial score (nSPS) is 10.7. The van der Waals surface area contributed by atoms with Gasteiger partial charge in [0.25, 0.3) is 5.91 Å². The highest BCUT2D eigenvalue weighted by Gasteiger charge is 2.04. The first-order chi connectivity index (χ1) is 9.09. The molecule has 0 aliphatic carbocycles. The lowest BCUT2D eigenvalue weighted by atomic mass is 10.0. The van der Waals surface area contributed by atoms with E-state index in [1.54, 1.807) is 0 Å². The van der Waals surface area contributed by atoms with Crippen LogP contribution < -0.4 is 5.32 Å². The Balaban J connectivity index is 2.09. The molecule has 3 heteroatoms. The van der Waals surface area contributed by atoms with Gasteiger partial charge in [-0.2, -0.15) is 0 Å². The fourth-order valence-electron chi connectivity index (χ4n) is 1.94. The van der Waals surface area contributed by atoms with Crippen molar-refractivity contribution in [1.29, 1.82) is 0 Å². The molecular formula is C16H24FNO. The molecular weight excluding hydrogens is 241 g/mol. The van der Waals surface area contributed by atoms with E-state index < -0.39 is 0 Å². The molecule has 19 heavy (non-hydrogen) atoms. The number of carbonyl (C=O) groups excluding carboxylic acids is 1. The molecule has 0 heterocycles. The Morgan fingerprint density at radius 2 is 1.74 bits per heavy atom. The fourth-order valence-corrected chi connectivity index (χ4v) is 1.94. The maximum Gasteiger partial charge on any atom is 0.251 e. The van der Waals surface area contributed by atoms with E-state index in [1.165, 1.54) is 43.5 Å². The third-order valence-corrected chi connectivity index (χ3v) is 3.10. The van der Waals surface area contributed by atoms with Crippen molar-refractivity contribution in [2.75, 3.05) is 6.54 Å². The lowest BCUT2D eigenvalue weighted by molar-refractivity contribution is 0.0953. The van der Waals surface area contributed by atoms with Crippen molar-refractivity contribution in [2.45, 2.75) is 46.0 Å². The van der Waals surface area contributed by atoms with E-state index in [4.69, 9.17) is 0 Å². The standard InChI is InChI=1S/C16H24FNO/c1-13(2)7-5-3-4-6-12-18-16(19)14-8-10-15(17)11-9-14/h8-11,13H,3-7,12H2,1-2H3,(H,18,19). The van der Waals surface area contributed by atoms with Crippen molar-refractivity contribution >= 4 is 5.91 Å². The van der Waals surface area contributed by atoms with Crippen LogP contribution in [0.3, 0.4) is 0 Å². The molecule has 0 bridgehead atoms. The molecule has 0 saturated carbocycles. The van der Waals surface area contributed by atoms with Crippen molar-refractivity contribution in [2.24, 2.45) is 5.92 Å². The summed E-state index contributed by atoms with van der Waals surface area (Å²) in [6.45, 7) is 5.17. The van der Waals surface area contributed by atoms with E-state index in [0.717, 1.165) is 18.8 Å². The lowest BCUT2D eigenvalue weighted by Gasteiger charge is -2.06. The number of unbranched alkanes of at least 4 members (excludes halogenated alkanes) is 3. The minimum Gasteiger partial charge on any atom is -0.352 e. The van der Waals surface area contributed by atoms with Gasteiger partial charge < -0.3 is 5.32 Å². The molecule has 0 spiro atoms. The fraction of sp³-hybridized carbons (Fsp3) is 0.562. The van der Waals surface area contributed by atoms with Gasteiger partial charge in [-0.1, -0.05) is 39.5 Å². The number of carbonyl (C=O) groups is 1. The van der Waals surface area contributed by atoms with Gasteiger partial charge in [0.1, 0.15) is 5.82 Å². The Morgan fingerprint density at radius 1 is 1.11 bits per heavy atom. The van der Waals surface area contributed by atoms with Crippen LogP contribution in [0.25, 0.3) is 0 Å². The average Bonchev–Trinajstić information content (AvgIpc) is 2.38. The monoisotopic (exact) mass is 265 g/mol. The van der Waals surface area contributed by atoms with Gasteiger partial charge in [0.05, 0.1) is 0 Å². The number of hydrogen-bond acceptors (Lipinski definition) is 1. The minimum atomic E-state index is -0.318. The van der Waals surface area contributed by atoms with Crippen LogP contribution in [0.1, 0.15) is 56.3 Å². The van der Waals surface area contributed by atoms with Crippen LogP contribution in [-0.2, 0) is 0 Å². The second-order valence-electron chi connectivity index (χ2n) is 5.36. The predicted molar refractivity (Wildman–Crippen MR) is 76.7 cm³/mol. The Bertz CT molecular complexity index is 373. The third-order valence-electron chi connectivity index (χ3n) is 3.10. The number of rotatable bonds is 8. The number of amides is 1. The van der Waals surface area contributed by atoms with Crippen LogP contribution >= 0.6 is 0 Å². The van der Waals surface area contributed by atoms with Crippen molar-refractivity contribution in [3.63, 3.8) is 0 Å². The molecule has 1 N–H and O–H groups in total. The highest BCUT2D eigenvalue weighted by Crippen LogP contribution is 2.09. The number of hydrogen-bond donors (Lipinski definition) is 1. The van der Waals surface area contributed by atoms with Gasteiger partial charge in [-0.05, 0) is 36.6 Å². The second kappa shape index (κ2) is 8.68. The number of benzene rings is 1. The van der Waals surface area contributed by atoms with E-state index in [1.807, 2.05) is 0 Å². The molecule has 0 aromatic heterocycles. The summed E-state index contributed by atoms with van der Waals surface area (Å²) in [5, 5.41) is 2.86. The molecule has 0 fully saturated rings. The van der Waals surface area contributed by atoms with Gasteiger partial charge in [0.2, 0.25) is 0 Å². The Hall–Kier alpha value is -1.38. The summed E-state index contributed by atoms with van der Waals surface area (Å²) in [7, 11) is 0. The maximum atomic E-state index is 12.7.